The number of nitrogens with two attached hydrogens (primary N) is 1. The molecule has 0 bridgehead atoms. The van der Waals surface area contributed by atoms with Crippen LogP contribution in [0.4, 0.5) is 0 Å². The molecule has 1 rings (SSSR count). The third kappa shape index (κ3) is 1.77. The van der Waals surface area contributed by atoms with Crippen LogP contribution in [0.15, 0.2) is 22.3 Å². The topological polar surface area (TPSA) is 50.7 Å². The van der Waals surface area contributed by atoms with E-state index in [0.29, 0.717) is 0 Å². The van der Waals surface area contributed by atoms with Gasteiger partial charge in [-0.3, -0.25) is 0 Å². The molecule has 3 heteroatoms. The van der Waals surface area contributed by atoms with Crippen LogP contribution in [-0.2, 0) is 0 Å². The highest BCUT2D eigenvalue weighted by Crippen LogP contribution is 1.99. The van der Waals surface area contributed by atoms with Crippen molar-refractivity contribution >= 4 is 12.6 Å². The van der Waals surface area contributed by atoms with E-state index in [2.05, 4.69) is 9.98 Å². The van der Waals surface area contributed by atoms with Gasteiger partial charge in [0.1, 0.15) is 6.34 Å². The molecule has 1 aliphatic heterocycles. The Kier molecular flexibility index (Phi) is 1.44. The molecule has 0 spiro atoms. The van der Waals surface area contributed by atoms with Crippen LogP contribution in [-0.4, -0.2) is 18.1 Å². The summed E-state index contributed by atoms with van der Waals surface area (Å²) in [5.41, 5.74) is 5.23. The van der Waals surface area contributed by atoms with Gasteiger partial charge >= 0.3 is 0 Å². The number of rotatable bonds is 0. The Balaban J connectivity index is 2.82. The van der Waals surface area contributed by atoms with Crippen LogP contribution in [0.5, 0.6) is 0 Å². The molecule has 48 valence electrons. The molecule has 0 aromatic heterocycles. The largest absolute Gasteiger partial charge is 0.318 e. The Morgan fingerprint density at radius 2 is 2.22 bits per heavy atom. The molecular formula is C6H9N3. The first-order valence-electron chi connectivity index (χ1n) is 2.73. The van der Waals surface area contributed by atoms with Gasteiger partial charge in [-0.1, -0.05) is 0 Å². The zero-order valence-corrected chi connectivity index (χ0v) is 5.28. The average molecular weight is 123 g/mol. The molecule has 0 fully saturated rings. The molecule has 0 aromatic rings. The molecule has 0 radical (unpaired) electrons. The molecule has 0 amide bonds. The molecule has 0 saturated carbocycles. The zero-order chi connectivity index (χ0) is 6.74. The van der Waals surface area contributed by atoms with Crippen LogP contribution in [0, 0.1) is 0 Å². The predicted molar refractivity (Wildman–Crippen MR) is 38.7 cm³/mol. The van der Waals surface area contributed by atoms with Crippen molar-refractivity contribution in [3.63, 3.8) is 0 Å². The second kappa shape index (κ2) is 2.11. The number of nitrogens with zero attached hydrogens (tertiary/aromatic N) is 2. The highest BCUT2D eigenvalue weighted by Gasteiger charge is 2.09. The Labute approximate surface area is 54.0 Å². The lowest BCUT2D eigenvalue weighted by Gasteiger charge is -2.10. The lowest BCUT2D eigenvalue weighted by atomic mass is 10.1. The van der Waals surface area contributed by atoms with Gasteiger partial charge in [-0.25, -0.2) is 9.98 Å². The van der Waals surface area contributed by atoms with Gasteiger partial charge in [-0.05, 0) is 13.0 Å². The van der Waals surface area contributed by atoms with E-state index in [4.69, 9.17) is 5.73 Å². The normalized spacial score (nSPS) is 32.7. The van der Waals surface area contributed by atoms with Crippen LogP contribution in [0.2, 0.25) is 0 Å². The summed E-state index contributed by atoms with van der Waals surface area (Å²) in [6.07, 6.45) is 6.56. The molecule has 0 saturated heterocycles. The van der Waals surface area contributed by atoms with Crippen LogP contribution in [0.25, 0.3) is 0 Å². The first kappa shape index (κ1) is 6.16. The second-order valence-corrected chi connectivity index (χ2v) is 2.22. The number of hydrogen-bond donors (Lipinski definition) is 1. The zero-order valence-electron chi connectivity index (χ0n) is 5.28. The first-order chi connectivity index (χ1) is 4.21. The van der Waals surface area contributed by atoms with Crippen molar-refractivity contribution in [2.24, 2.45) is 15.7 Å². The van der Waals surface area contributed by atoms with Gasteiger partial charge in [0.2, 0.25) is 0 Å². The quantitative estimate of drug-likeness (QED) is 0.495. The maximum atomic E-state index is 5.66. The summed E-state index contributed by atoms with van der Waals surface area (Å²) in [5.74, 6) is 0. The molecule has 2 N–H and O–H groups in total. The SMILES string of the molecule is CC1(N)C=CN=CN=C1. The van der Waals surface area contributed by atoms with Crippen LogP contribution in [0.1, 0.15) is 6.92 Å². The minimum atomic E-state index is -0.434. The van der Waals surface area contributed by atoms with E-state index in [1.165, 1.54) is 6.34 Å². The van der Waals surface area contributed by atoms with Crippen molar-refractivity contribution in [3.05, 3.63) is 12.3 Å². The monoisotopic (exact) mass is 123 g/mol. The maximum Gasteiger partial charge on any atom is 0.114 e. The molecule has 1 atom stereocenters. The lowest BCUT2D eigenvalue weighted by Crippen LogP contribution is -2.34. The van der Waals surface area contributed by atoms with Crippen LogP contribution >= 0.6 is 0 Å². The van der Waals surface area contributed by atoms with Gasteiger partial charge in [0.05, 0.1) is 5.54 Å². The van der Waals surface area contributed by atoms with Crippen molar-refractivity contribution in [1.29, 1.82) is 0 Å². The summed E-state index contributed by atoms with van der Waals surface area (Å²) in [6, 6.07) is 0. The third-order valence-corrected chi connectivity index (χ3v) is 1.01. The molecule has 0 aliphatic carbocycles. The maximum absolute atomic E-state index is 5.66. The van der Waals surface area contributed by atoms with Crippen molar-refractivity contribution < 1.29 is 0 Å². The minimum absolute atomic E-state index is 0.434. The van der Waals surface area contributed by atoms with Gasteiger partial charge in [-0.2, -0.15) is 0 Å². The van der Waals surface area contributed by atoms with Crippen molar-refractivity contribution in [2.45, 2.75) is 12.5 Å². The summed E-state index contributed by atoms with van der Waals surface area (Å²) in [4.78, 5) is 7.60. The number of hydrogen-bond acceptors (Lipinski definition) is 3. The minimum Gasteiger partial charge on any atom is -0.318 e. The Morgan fingerprint density at radius 1 is 1.44 bits per heavy atom. The lowest BCUT2D eigenvalue weighted by molar-refractivity contribution is 0.800. The van der Waals surface area contributed by atoms with Gasteiger partial charge in [0.25, 0.3) is 0 Å². The summed E-state index contributed by atoms with van der Waals surface area (Å²) >= 11 is 0. The second-order valence-electron chi connectivity index (χ2n) is 2.22. The highest BCUT2D eigenvalue weighted by molar-refractivity contribution is 5.81. The van der Waals surface area contributed by atoms with Crippen molar-refractivity contribution in [3.8, 4) is 0 Å². The van der Waals surface area contributed by atoms with Gasteiger partial charge in [-0.15, -0.1) is 0 Å². The van der Waals surface area contributed by atoms with Gasteiger partial charge in [0, 0.05) is 12.4 Å². The van der Waals surface area contributed by atoms with Gasteiger partial charge in [0.15, 0.2) is 0 Å². The fourth-order valence-electron chi connectivity index (χ4n) is 0.518. The van der Waals surface area contributed by atoms with E-state index in [1.54, 1.807) is 18.5 Å². The Morgan fingerprint density at radius 3 is 3.00 bits per heavy atom. The predicted octanol–water partition coefficient (Wildman–Crippen LogP) is 0.330. The molecule has 0 aromatic carbocycles. The standard InChI is InChI=1S/C6H9N3/c1-6(7)2-3-8-5-9-4-6/h2-5H,7H2,1H3. The van der Waals surface area contributed by atoms with E-state index in [9.17, 15) is 0 Å². The fourth-order valence-corrected chi connectivity index (χ4v) is 0.518. The molecule has 1 heterocycles. The van der Waals surface area contributed by atoms with E-state index < -0.39 is 5.54 Å². The summed E-state index contributed by atoms with van der Waals surface area (Å²) in [7, 11) is 0. The summed E-state index contributed by atoms with van der Waals surface area (Å²) in [5, 5.41) is 0. The third-order valence-electron chi connectivity index (χ3n) is 1.01. The molecular weight excluding hydrogens is 114 g/mol. The van der Waals surface area contributed by atoms with E-state index in [1.807, 2.05) is 6.92 Å². The van der Waals surface area contributed by atoms with Gasteiger partial charge < -0.3 is 5.73 Å². The first-order valence-corrected chi connectivity index (χ1v) is 2.73. The van der Waals surface area contributed by atoms with E-state index >= 15 is 0 Å². The number of aliphatic imine (C=N–C) groups is 2. The van der Waals surface area contributed by atoms with Crippen LogP contribution < -0.4 is 5.73 Å². The Bertz CT molecular complexity index is 159. The Hall–Kier alpha value is -0.960. The highest BCUT2D eigenvalue weighted by atomic mass is 14.9. The van der Waals surface area contributed by atoms with Crippen molar-refractivity contribution in [2.75, 3.05) is 0 Å². The molecule has 1 unspecified atom stereocenters. The van der Waals surface area contributed by atoms with E-state index in [0.717, 1.165) is 0 Å². The summed E-state index contributed by atoms with van der Waals surface area (Å²) in [6.45, 7) is 1.86. The van der Waals surface area contributed by atoms with E-state index in [-0.39, 0.29) is 0 Å². The smallest absolute Gasteiger partial charge is 0.114 e. The van der Waals surface area contributed by atoms with Crippen molar-refractivity contribution in [1.82, 2.24) is 0 Å². The van der Waals surface area contributed by atoms with Crippen LogP contribution in [0.3, 0.4) is 0 Å². The summed E-state index contributed by atoms with van der Waals surface area (Å²) < 4.78 is 0. The molecule has 9 heavy (non-hydrogen) atoms. The average Bonchev–Trinajstić information content (AvgIpc) is 1.92. The molecule has 3 nitrogen and oxygen atoms in total. The molecule has 1 aliphatic rings. The fraction of sp³-hybridized carbons (Fsp3) is 0.333.